The molecule has 2 aromatic carbocycles. The molecule has 1 aliphatic carbocycles. The minimum atomic E-state index is -3.68. The highest BCUT2D eigenvalue weighted by Gasteiger charge is 2.50. The number of hydrogen-bond acceptors (Lipinski definition) is 4. The molecule has 0 unspecified atom stereocenters. The van der Waals surface area contributed by atoms with Crippen LogP contribution in [-0.4, -0.2) is 28.0 Å². The maximum absolute atomic E-state index is 12.5. The van der Waals surface area contributed by atoms with Gasteiger partial charge in [-0.2, -0.15) is 0 Å². The number of amides is 1. The summed E-state index contributed by atoms with van der Waals surface area (Å²) in [5, 5.41) is 2.69. The van der Waals surface area contributed by atoms with Crippen molar-refractivity contribution < 1.29 is 17.9 Å². The lowest BCUT2D eigenvalue weighted by Gasteiger charge is -2.15. The van der Waals surface area contributed by atoms with E-state index in [2.05, 4.69) is 10.0 Å². The lowest BCUT2D eigenvalue weighted by Crippen LogP contribution is -2.31. The van der Waals surface area contributed by atoms with Crippen molar-refractivity contribution in [1.29, 1.82) is 0 Å². The van der Waals surface area contributed by atoms with Gasteiger partial charge in [-0.1, -0.05) is 12.1 Å². The Bertz CT molecular complexity index is 886. The van der Waals surface area contributed by atoms with Crippen molar-refractivity contribution >= 4 is 21.6 Å². The molecule has 3 rings (SSSR count). The Balaban J connectivity index is 1.75. The predicted molar refractivity (Wildman–Crippen MR) is 99.8 cm³/mol. The maximum Gasteiger partial charge on any atom is 0.261 e. The van der Waals surface area contributed by atoms with E-state index >= 15 is 0 Å². The predicted octanol–water partition coefficient (Wildman–Crippen LogP) is 2.66. The van der Waals surface area contributed by atoms with Crippen molar-refractivity contribution in [2.45, 2.75) is 30.1 Å². The van der Waals surface area contributed by atoms with Crippen molar-refractivity contribution in [3.05, 3.63) is 54.1 Å². The Morgan fingerprint density at radius 2 is 1.69 bits per heavy atom. The molecule has 0 bridgehead atoms. The number of rotatable bonds is 7. The Morgan fingerprint density at radius 3 is 2.19 bits per heavy atom. The summed E-state index contributed by atoms with van der Waals surface area (Å²) in [6.07, 6.45) is 1.62. The van der Waals surface area contributed by atoms with Gasteiger partial charge in [0.15, 0.2) is 0 Å². The first kappa shape index (κ1) is 18.3. The van der Waals surface area contributed by atoms with Gasteiger partial charge in [0, 0.05) is 12.7 Å². The fourth-order valence-corrected chi connectivity index (χ4v) is 4.02. The molecule has 0 aliphatic heterocycles. The first-order valence-corrected chi connectivity index (χ1v) is 9.98. The van der Waals surface area contributed by atoms with Gasteiger partial charge >= 0.3 is 0 Å². The number of carbonyl (C=O) groups is 1. The number of benzene rings is 2. The van der Waals surface area contributed by atoms with E-state index < -0.39 is 15.4 Å². The molecule has 26 heavy (non-hydrogen) atoms. The second-order valence-corrected chi connectivity index (χ2v) is 7.93. The van der Waals surface area contributed by atoms with Gasteiger partial charge in [-0.05, 0) is 61.7 Å². The van der Waals surface area contributed by atoms with Crippen LogP contribution in [-0.2, 0) is 20.2 Å². The van der Waals surface area contributed by atoms with E-state index in [-0.39, 0.29) is 10.8 Å². The summed E-state index contributed by atoms with van der Waals surface area (Å²) in [6, 6.07) is 13.2. The second kappa shape index (κ2) is 6.99. The van der Waals surface area contributed by atoms with Crippen molar-refractivity contribution in [3.8, 4) is 5.75 Å². The molecule has 1 aliphatic rings. The zero-order chi connectivity index (χ0) is 18.8. The molecular weight excluding hydrogens is 352 g/mol. The third-order valence-electron chi connectivity index (χ3n) is 4.55. The van der Waals surface area contributed by atoms with Gasteiger partial charge in [-0.15, -0.1) is 0 Å². The molecule has 1 saturated carbocycles. The van der Waals surface area contributed by atoms with Crippen LogP contribution < -0.4 is 14.8 Å². The molecule has 1 amide bonds. The average Bonchev–Trinajstić information content (AvgIpc) is 3.44. The van der Waals surface area contributed by atoms with E-state index in [1.54, 1.807) is 43.4 Å². The molecule has 0 atom stereocenters. The fraction of sp³-hybridized carbons (Fsp3) is 0.316. The molecule has 0 saturated heterocycles. The normalized spacial score (nSPS) is 15.2. The van der Waals surface area contributed by atoms with Crippen LogP contribution in [0.5, 0.6) is 5.75 Å². The highest BCUT2D eigenvalue weighted by atomic mass is 32.2. The summed E-state index contributed by atoms with van der Waals surface area (Å²) in [4.78, 5) is 12.2. The van der Waals surface area contributed by atoms with Crippen molar-refractivity contribution in [2.75, 3.05) is 18.4 Å². The maximum atomic E-state index is 12.5. The first-order valence-electron chi connectivity index (χ1n) is 8.50. The van der Waals surface area contributed by atoms with Crippen molar-refractivity contribution in [3.63, 3.8) is 0 Å². The van der Waals surface area contributed by atoms with E-state index in [1.165, 1.54) is 12.1 Å². The monoisotopic (exact) mass is 374 g/mol. The van der Waals surface area contributed by atoms with Crippen LogP contribution in [0.3, 0.4) is 0 Å². The molecule has 2 aromatic rings. The van der Waals surface area contributed by atoms with Crippen LogP contribution >= 0.6 is 0 Å². The van der Waals surface area contributed by atoms with E-state index in [9.17, 15) is 13.2 Å². The number of anilines is 1. The standard InChI is InChI=1S/C19H22N2O4S/c1-3-25-16-8-10-17(11-9-16)26(23,24)21-15-6-4-14(5-7-15)19(12-13-19)18(22)20-2/h4-11,21H,3,12-13H2,1-2H3,(H,20,22). The molecule has 2 N–H and O–H groups in total. The average molecular weight is 374 g/mol. The van der Waals surface area contributed by atoms with Gasteiger partial charge in [-0.3, -0.25) is 9.52 Å². The summed E-state index contributed by atoms with van der Waals surface area (Å²) < 4.78 is 32.9. The second-order valence-electron chi connectivity index (χ2n) is 6.25. The molecule has 0 spiro atoms. The number of ether oxygens (including phenoxy) is 1. The first-order chi connectivity index (χ1) is 12.4. The molecule has 138 valence electrons. The van der Waals surface area contributed by atoms with Gasteiger partial charge in [0.1, 0.15) is 5.75 Å². The largest absolute Gasteiger partial charge is 0.494 e. The van der Waals surface area contributed by atoms with Gasteiger partial charge in [0.05, 0.1) is 16.9 Å². The summed E-state index contributed by atoms with van der Waals surface area (Å²) in [5.41, 5.74) is 0.901. The number of likely N-dealkylation sites (N-methyl/N-ethyl adjacent to an activating group) is 1. The highest BCUT2D eigenvalue weighted by Crippen LogP contribution is 2.48. The summed E-state index contributed by atoms with van der Waals surface area (Å²) in [5.74, 6) is 0.625. The third-order valence-corrected chi connectivity index (χ3v) is 5.94. The van der Waals surface area contributed by atoms with Crippen LogP contribution in [0.15, 0.2) is 53.4 Å². The summed E-state index contributed by atoms with van der Waals surface area (Å²) >= 11 is 0. The Kier molecular flexibility index (Phi) is 4.91. The molecule has 6 nitrogen and oxygen atoms in total. The van der Waals surface area contributed by atoms with Crippen molar-refractivity contribution in [2.24, 2.45) is 0 Å². The Morgan fingerprint density at radius 1 is 1.08 bits per heavy atom. The van der Waals surface area contributed by atoms with E-state index in [0.29, 0.717) is 18.0 Å². The quantitative estimate of drug-likeness (QED) is 0.780. The van der Waals surface area contributed by atoms with Crippen LogP contribution in [0.25, 0.3) is 0 Å². The van der Waals surface area contributed by atoms with E-state index in [4.69, 9.17) is 4.74 Å². The molecule has 7 heteroatoms. The van der Waals surface area contributed by atoms with Crippen LogP contribution in [0.1, 0.15) is 25.3 Å². The van der Waals surface area contributed by atoms with E-state index in [0.717, 1.165) is 18.4 Å². The Labute approximate surface area is 153 Å². The lowest BCUT2D eigenvalue weighted by atomic mass is 9.95. The zero-order valence-electron chi connectivity index (χ0n) is 14.8. The molecule has 0 heterocycles. The van der Waals surface area contributed by atoms with Crippen LogP contribution in [0.4, 0.5) is 5.69 Å². The third kappa shape index (κ3) is 3.53. The van der Waals surface area contributed by atoms with Crippen LogP contribution in [0.2, 0.25) is 0 Å². The number of carbonyl (C=O) groups excluding carboxylic acids is 1. The lowest BCUT2D eigenvalue weighted by molar-refractivity contribution is -0.123. The minimum absolute atomic E-state index is 0.000202. The topological polar surface area (TPSA) is 84.5 Å². The summed E-state index contributed by atoms with van der Waals surface area (Å²) in [6.45, 7) is 2.39. The molecule has 0 radical (unpaired) electrons. The Hall–Kier alpha value is -2.54. The number of nitrogens with one attached hydrogen (secondary N) is 2. The smallest absolute Gasteiger partial charge is 0.261 e. The van der Waals surface area contributed by atoms with Gasteiger partial charge in [-0.25, -0.2) is 8.42 Å². The van der Waals surface area contributed by atoms with Gasteiger partial charge in [0.2, 0.25) is 5.91 Å². The van der Waals surface area contributed by atoms with Gasteiger partial charge in [0.25, 0.3) is 10.0 Å². The molecular formula is C19H22N2O4S. The van der Waals surface area contributed by atoms with Gasteiger partial charge < -0.3 is 10.1 Å². The fourth-order valence-electron chi connectivity index (χ4n) is 2.96. The number of hydrogen-bond donors (Lipinski definition) is 2. The molecule has 0 aromatic heterocycles. The van der Waals surface area contributed by atoms with E-state index in [1.807, 2.05) is 6.92 Å². The molecule has 1 fully saturated rings. The summed E-state index contributed by atoms with van der Waals surface area (Å²) in [7, 11) is -2.06. The highest BCUT2D eigenvalue weighted by molar-refractivity contribution is 7.92. The SMILES string of the molecule is CCOc1ccc(S(=O)(=O)Nc2ccc(C3(C(=O)NC)CC3)cc2)cc1. The minimum Gasteiger partial charge on any atom is -0.494 e. The van der Waals surface area contributed by atoms with Crippen molar-refractivity contribution in [1.82, 2.24) is 5.32 Å². The zero-order valence-corrected chi connectivity index (χ0v) is 15.6. The number of sulfonamides is 1. The van der Waals surface area contributed by atoms with Crippen LogP contribution in [0, 0.1) is 0 Å².